The lowest BCUT2D eigenvalue weighted by atomic mass is 10.0. The van der Waals surface area contributed by atoms with Crippen LogP contribution in [0.4, 0.5) is 11.6 Å². The molecule has 0 unspecified atom stereocenters. The van der Waals surface area contributed by atoms with Crippen molar-refractivity contribution in [1.82, 2.24) is 14.9 Å². The van der Waals surface area contributed by atoms with Crippen molar-refractivity contribution in [2.45, 2.75) is 17.9 Å². The van der Waals surface area contributed by atoms with Crippen LogP contribution in [0.2, 0.25) is 0 Å². The number of hydrogen-bond acceptors (Lipinski definition) is 5. The Morgan fingerprint density at radius 2 is 1.66 bits per heavy atom. The number of nitrogens with one attached hydrogen (secondary N) is 2. The van der Waals surface area contributed by atoms with Crippen LogP contribution >= 0.6 is 12.2 Å². The predicted molar refractivity (Wildman–Crippen MR) is 116 cm³/mol. The second kappa shape index (κ2) is 8.14. The number of fused-ring (bicyclic) bond motifs is 1. The molecule has 9 heteroatoms. The van der Waals surface area contributed by atoms with Crippen LogP contribution in [0.1, 0.15) is 11.1 Å². The number of thiocarbonyl (C=S) groups is 1. The van der Waals surface area contributed by atoms with Crippen molar-refractivity contribution in [1.29, 1.82) is 0 Å². The summed E-state index contributed by atoms with van der Waals surface area (Å²) in [5, 5.41) is 3.80. The highest BCUT2D eigenvalue weighted by molar-refractivity contribution is 7.92. The maximum Gasteiger partial charge on any atom is 0.264 e. The zero-order valence-electron chi connectivity index (χ0n) is 15.4. The first kappa shape index (κ1) is 19.3. The first-order chi connectivity index (χ1) is 14.0. The van der Waals surface area contributed by atoms with Gasteiger partial charge in [0.2, 0.25) is 5.95 Å². The van der Waals surface area contributed by atoms with Crippen molar-refractivity contribution < 1.29 is 8.42 Å². The maximum absolute atomic E-state index is 12.5. The van der Waals surface area contributed by atoms with Gasteiger partial charge in [0, 0.05) is 31.2 Å². The molecule has 0 spiro atoms. The quantitative estimate of drug-likeness (QED) is 0.621. The molecule has 0 amide bonds. The van der Waals surface area contributed by atoms with Gasteiger partial charge in [-0.25, -0.2) is 23.1 Å². The molecule has 148 valence electrons. The smallest absolute Gasteiger partial charge is 0.264 e. The number of benzene rings is 2. The molecule has 0 saturated carbocycles. The molecule has 2 aromatic carbocycles. The zero-order valence-corrected chi connectivity index (χ0v) is 17.1. The molecule has 29 heavy (non-hydrogen) atoms. The van der Waals surface area contributed by atoms with Crippen LogP contribution < -0.4 is 10.0 Å². The fraction of sp³-hybridized carbons (Fsp3) is 0.150. The van der Waals surface area contributed by atoms with Crippen molar-refractivity contribution in [2.24, 2.45) is 0 Å². The number of hydrogen-bond donors (Lipinski definition) is 2. The van der Waals surface area contributed by atoms with Crippen LogP contribution in [0.25, 0.3) is 0 Å². The van der Waals surface area contributed by atoms with Crippen LogP contribution in [0.5, 0.6) is 0 Å². The van der Waals surface area contributed by atoms with Gasteiger partial charge in [-0.1, -0.05) is 24.3 Å². The topological polar surface area (TPSA) is 87.2 Å². The Bertz CT molecular complexity index is 1120. The summed E-state index contributed by atoms with van der Waals surface area (Å²) in [6.45, 7) is 1.60. The van der Waals surface area contributed by atoms with E-state index in [1.165, 1.54) is 35.7 Å². The molecule has 1 aliphatic rings. The van der Waals surface area contributed by atoms with Crippen molar-refractivity contribution >= 4 is 39.0 Å². The van der Waals surface area contributed by atoms with E-state index in [2.05, 4.69) is 43.1 Å². The lowest BCUT2D eigenvalue weighted by molar-refractivity contribution is 0.399. The first-order valence-corrected chi connectivity index (χ1v) is 10.9. The van der Waals surface area contributed by atoms with Crippen molar-refractivity contribution in [2.75, 3.05) is 16.6 Å². The van der Waals surface area contributed by atoms with Gasteiger partial charge in [0.1, 0.15) is 0 Å². The normalized spacial score (nSPS) is 13.4. The van der Waals surface area contributed by atoms with E-state index in [4.69, 9.17) is 12.2 Å². The van der Waals surface area contributed by atoms with Crippen LogP contribution in [0.15, 0.2) is 71.9 Å². The highest BCUT2D eigenvalue weighted by Gasteiger charge is 2.19. The molecule has 2 N–H and O–H groups in total. The van der Waals surface area contributed by atoms with E-state index in [9.17, 15) is 8.42 Å². The molecule has 0 radical (unpaired) electrons. The minimum atomic E-state index is -3.76. The number of aromatic nitrogens is 2. The minimum absolute atomic E-state index is 0.0289. The zero-order chi connectivity index (χ0) is 20.3. The van der Waals surface area contributed by atoms with E-state index in [1.54, 1.807) is 18.2 Å². The number of anilines is 2. The van der Waals surface area contributed by atoms with Gasteiger partial charge in [-0.3, -0.25) is 0 Å². The van der Waals surface area contributed by atoms with E-state index in [0.29, 0.717) is 5.11 Å². The van der Waals surface area contributed by atoms with E-state index < -0.39 is 10.0 Å². The Labute approximate surface area is 174 Å². The highest BCUT2D eigenvalue weighted by atomic mass is 32.2. The van der Waals surface area contributed by atoms with Crippen LogP contribution in [-0.4, -0.2) is 34.9 Å². The fourth-order valence-corrected chi connectivity index (χ4v) is 4.35. The fourth-order valence-electron chi connectivity index (χ4n) is 3.12. The minimum Gasteiger partial charge on any atom is -0.344 e. The summed E-state index contributed by atoms with van der Waals surface area (Å²) >= 11 is 5.55. The summed E-state index contributed by atoms with van der Waals surface area (Å²) in [5.74, 6) is 0.0289. The second-order valence-electron chi connectivity index (χ2n) is 6.57. The summed E-state index contributed by atoms with van der Waals surface area (Å²) in [6, 6.07) is 16.4. The second-order valence-corrected chi connectivity index (χ2v) is 8.64. The van der Waals surface area contributed by atoms with Gasteiger partial charge in [-0.05, 0) is 60.1 Å². The van der Waals surface area contributed by atoms with Gasteiger partial charge in [0.05, 0.1) is 4.90 Å². The Balaban J connectivity index is 1.41. The van der Waals surface area contributed by atoms with Crippen LogP contribution in [0, 0.1) is 0 Å². The molecule has 0 atom stereocenters. The van der Waals surface area contributed by atoms with Gasteiger partial charge < -0.3 is 10.2 Å². The molecular weight excluding hydrogens is 406 g/mol. The number of nitrogens with zero attached hydrogens (tertiary/aromatic N) is 3. The third-order valence-corrected chi connectivity index (χ3v) is 6.33. The average Bonchev–Trinajstić information content (AvgIpc) is 2.74. The molecule has 1 aromatic heterocycles. The highest BCUT2D eigenvalue weighted by Crippen LogP contribution is 2.21. The first-order valence-electron chi connectivity index (χ1n) is 9.04. The van der Waals surface area contributed by atoms with E-state index in [1.807, 2.05) is 6.07 Å². The molecule has 0 aliphatic carbocycles. The monoisotopic (exact) mass is 425 g/mol. The number of rotatable bonds is 4. The lowest BCUT2D eigenvalue weighted by Crippen LogP contribution is -2.38. The van der Waals surface area contributed by atoms with Gasteiger partial charge in [0.25, 0.3) is 10.0 Å². The standard InChI is InChI=1S/C20H19N5O2S2/c26-29(27,24-19-21-11-3-12-22-19)18-8-6-17(7-9-18)23-20(28)25-13-10-15-4-1-2-5-16(15)14-25/h1-9,11-12H,10,13-14H2,(H,23,28)(H,21,22,24). The average molecular weight is 426 g/mol. The van der Waals surface area contributed by atoms with Crippen molar-refractivity contribution in [3.05, 3.63) is 78.1 Å². The Kier molecular flexibility index (Phi) is 5.41. The van der Waals surface area contributed by atoms with E-state index in [0.717, 1.165) is 25.2 Å². The molecule has 1 aliphatic heterocycles. The summed E-state index contributed by atoms with van der Waals surface area (Å²) in [6.07, 6.45) is 3.89. The Morgan fingerprint density at radius 3 is 2.38 bits per heavy atom. The van der Waals surface area contributed by atoms with Crippen molar-refractivity contribution in [3.8, 4) is 0 Å². The van der Waals surface area contributed by atoms with Crippen LogP contribution in [-0.2, 0) is 23.0 Å². The lowest BCUT2D eigenvalue weighted by Gasteiger charge is -2.31. The Morgan fingerprint density at radius 1 is 0.966 bits per heavy atom. The van der Waals surface area contributed by atoms with E-state index >= 15 is 0 Å². The maximum atomic E-state index is 12.5. The van der Waals surface area contributed by atoms with Crippen molar-refractivity contribution in [3.63, 3.8) is 0 Å². The largest absolute Gasteiger partial charge is 0.344 e. The third kappa shape index (κ3) is 4.52. The molecule has 2 heterocycles. The molecule has 3 aromatic rings. The van der Waals surface area contributed by atoms with Gasteiger partial charge in [-0.2, -0.15) is 0 Å². The molecule has 0 bridgehead atoms. The van der Waals surface area contributed by atoms with E-state index in [-0.39, 0.29) is 10.8 Å². The SMILES string of the molecule is O=S(=O)(Nc1ncccn1)c1ccc(NC(=S)N2CCc3ccccc3C2)cc1. The van der Waals surface area contributed by atoms with Gasteiger partial charge >= 0.3 is 0 Å². The predicted octanol–water partition coefficient (Wildman–Crippen LogP) is 3.03. The summed E-state index contributed by atoms with van der Waals surface area (Å²) in [4.78, 5) is 9.98. The third-order valence-electron chi connectivity index (χ3n) is 4.63. The summed E-state index contributed by atoms with van der Waals surface area (Å²) in [7, 11) is -3.76. The van der Waals surface area contributed by atoms with Gasteiger partial charge in [0.15, 0.2) is 5.11 Å². The Hall–Kier alpha value is -3.04. The molecule has 7 nitrogen and oxygen atoms in total. The summed E-state index contributed by atoms with van der Waals surface area (Å²) < 4.78 is 27.3. The van der Waals surface area contributed by atoms with Crippen LogP contribution in [0.3, 0.4) is 0 Å². The molecule has 0 saturated heterocycles. The van der Waals surface area contributed by atoms with Gasteiger partial charge in [-0.15, -0.1) is 0 Å². The molecular formula is C20H19N5O2S2. The number of sulfonamides is 1. The molecule has 4 rings (SSSR count). The summed E-state index contributed by atoms with van der Waals surface area (Å²) in [5.41, 5.74) is 3.36. The molecule has 0 fully saturated rings.